The first-order valence-corrected chi connectivity index (χ1v) is 7.53. The van der Waals surface area contributed by atoms with E-state index in [1.165, 1.54) is 6.42 Å². The van der Waals surface area contributed by atoms with E-state index in [9.17, 15) is 9.90 Å². The summed E-state index contributed by atoms with van der Waals surface area (Å²) in [5.74, 6) is 0.0765. The summed E-state index contributed by atoms with van der Waals surface area (Å²) < 4.78 is 2.26. The summed E-state index contributed by atoms with van der Waals surface area (Å²) in [6.07, 6.45) is 3.11. The zero-order valence-electron chi connectivity index (χ0n) is 12.5. The molecule has 5 nitrogen and oxygen atoms in total. The fourth-order valence-corrected chi connectivity index (χ4v) is 3.34. The van der Waals surface area contributed by atoms with Gasteiger partial charge in [0, 0.05) is 19.0 Å². The van der Waals surface area contributed by atoms with Crippen LogP contribution in [0.2, 0.25) is 0 Å². The van der Waals surface area contributed by atoms with Crippen molar-refractivity contribution in [3.63, 3.8) is 0 Å². The van der Waals surface area contributed by atoms with Gasteiger partial charge in [-0.1, -0.05) is 13.0 Å². The quantitative estimate of drug-likeness (QED) is 0.942. The van der Waals surface area contributed by atoms with Crippen LogP contribution in [0.15, 0.2) is 18.2 Å². The molecule has 1 atom stereocenters. The number of aryl methyl sites for hydroxylation is 1. The number of nitrogens with zero attached hydrogens (tertiary/aromatic N) is 3. The molecule has 0 radical (unpaired) electrons. The molecule has 1 aliphatic rings. The van der Waals surface area contributed by atoms with Gasteiger partial charge < -0.3 is 14.6 Å². The predicted octanol–water partition coefficient (Wildman–Crippen LogP) is 2.56. The molecule has 0 aliphatic carbocycles. The number of rotatable bonds is 3. The van der Waals surface area contributed by atoms with E-state index in [1.807, 2.05) is 12.1 Å². The largest absolute Gasteiger partial charge is 0.478 e. The number of carboxylic acid groups (broad SMARTS) is 1. The number of carbonyl (C=O) groups is 1. The van der Waals surface area contributed by atoms with E-state index in [0.29, 0.717) is 17.1 Å². The Labute approximate surface area is 124 Å². The third kappa shape index (κ3) is 2.42. The topological polar surface area (TPSA) is 58.4 Å². The summed E-state index contributed by atoms with van der Waals surface area (Å²) in [5.41, 5.74) is 1.87. The second-order valence-electron chi connectivity index (χ2n) is 5.79. The smallest absolute Gasteiger partial charge is 0.337 e. The number of hydrogen-bond donors (Lipinski definition) is 1. The summed E-state index contributed by atoms with van der Waals surface area (Å²) in [6.45, 7) is 4.20. The molecule has 0 bridgehead atoms. The van der Waals surface area contributed by atoms with Crippen molar-refractivity contribution < 1.29 is 9.90 Å². The molecule has 5 heteroatoms. The molecule has 1 aromatic carbocycles. The van der Waals surface area contributed by atoms with Crippen molar-refractivity contribution in [2.24, 2.45) is 0 Å². The summed E-state index contributed by atoms with van der Waals surface area (Å²) in [7, 11) is 2.14. The highest BCUT2D eigenvalue weighted by Crippen LogP contribution is 2.29. The van der Waals surface area contributed by atoms with Crippen molar-refractivity contribution in [2.75, 3.05) is 20.1 Å². The summed E-state index contributed by atoms with van der Waals surface area (Å²) in [4.78, 5) is 18.3. The molecule has 2 aromatic rings. The van der Waals surface area contributed by atoms with Crippen LogP contribution in [0.1, 0.15) is 42.0 Å². The second kappa shape index (κ2) is 5.48. The van der Waals surface area contributed by atoms with E-state index in [0.717, 1.165) is 37.3 Å². The Balaban J connectivity index is 2.16. The standard InChI is InChI=1S/C16H21N3O2/c1-3-14-17-15-12(16(20)21)7-4-8-13(15)19(14)11-6-5-9-18(2)10-11/h4,7-8,11H,3,5-6,9-10H2,1-2H3,(H,20,21). The van der Waals surface area contributed by atoms with Gasteiger partial charge in [0.25, 0.3) is 0 Å². The molecule has 0 spiro atoms. The van der Waals surface area contributed by atoms with Crippen LogP contribution in [0.3, 0.4) is 0 Å². The molecule has 1 saturated heterocycles. The van der Waals surface area contributed by atoms with Gasteiger partial charge in [0.1, 0.15) is 11.3 Å². The van der Waals surface area contributed by atoms with Gasteiger partial charge in [0.2, 0.25) is 0 Å². The van der Waals surface area contributed by atoms with Crippen molar-refractivity contribution in [3.05, 3.63) is 29.6 Å². The number of likely N-dealkylation sites (N-methyl/N-ethyl adjacent to an activating group) is 1. The minimum atomic E-state index is -0.909. The zero-order valence-corrected chi connectivity index (χ0v) is 12.5. The van der Waals surface area contributed by atoms with Crippen LogP contribution >= 0.6 is 0 Å². The van der Waals surface area contributed by atoms with Crippen molar-refractivity contribution >= 4 is 17.0 Å². The van der Waals surface area contributed by atoms with Gasteiger partial charge in [-0.15, -0.1) is 0 Å². The van der Waals surface area contributed by atoms with Gasteiger partial charge in [-0.2, -0.15) is 0 Å². The lowest BCUT2D eigenvalue weighted by molar-refractivity contribution is 0.0699. The van der Waals surface area contributed by atoms with Crippen molar-refractivity contribution in [2.45, 2.75) is 32.2 Å². The summed E-state index contributed by atoms with van der Waals surface area (Å²) >= 11 is 0. The van der Waals surface area contributed by atoms with Crippen molar-refractivity contribution in [3.8, 4) is 0 Å². The minimum Gasteiger partial charge on any atom is -0.478 e. The Morgan fingerprint density at radius 3 is 2.95 bits per heavy atom. The number of fused-ring (bicyclic) bond motifs is 1. The third-order valence-corrected chi connectivity index (χ3v) is 4.30. The number of imidazole rings is 1. The molecule has 1 fully saturated rings. The number of piperidine rings is 1. The average Bonchev–Trinajstić information content (AvgIpc) is 2.85. The summed E-state index contributed by atoms with van der Waals surface area (Å²) in [5, 5.41) is 9.35. The van der Waals surface area contributed by atoms with Crippen LogP contribution in [-0.4, -0.2) is 45.7 Å². The van der Waals surface area contributed by atoms with Crippen LogP contribution in [-0.2, 0) is 6.42 Å². The zero-order chi connectivity index (χ0) is 15.0. The molecule has 2 heterocycles. The molecule has 1 unspecified atom stereocenters. The normalized spacial score (nSPS) is 20.0. The highest BCUT2D eigenvalue weighted by molar-refractivity contribution is 6.01. The SMILES string of the molecule is CCc1nc2c(C(=O)O)cccc2n1C1CCCN(C)C1. The average molecular weight is 287 g/mol. The Bertz CT molecular complexity index is 677. The first kappa shape index (κ1) is 14.1. The Hall–Kier alpha value is -1.88. The van der Waals surface area contributed by atoms with Gasteiger partial charge in [-0.25, -0.2) is 9.78 Å². The lowest BCUT2D eigenvalue weighted by atomic mass is 10.1. The Morgan fingerprint density at radius 2 is 2.29 bits per heavy atom. The molecule has 0 amide bonds. The number of para-hydroxylation sites is 1. The molecule has 112 valence electrons. The second-order valence-corrected chi connectivity index (χ2v) is 5.79. The maximum Gasteiger partial charge on any atom is 0.337 e. The number of carboxylic acids is 1. The van der Waals surface area contributed by atoms with Gasteiger partial charge >= 0.3 is 5.97 Å². The molecule has 0 saturated carbocycles. The number of benzene rings is 1. The predicted molar refractivity (Wildman–Crippen MR) is 81.8 cm³/mol. The molecule has 1 aromatic heterocycles. The van der Waals surface area contributed by atoms with Crippen molar-refractivity contribution in [1.29, 1.82) is 0 Å². The number of likely N-dealkylation sites (tertiary alicyclic amines) is 1. The fourth-order valence-electron chi connectivity index (χ4n) is 3.34. The Morgan fingerprint density at radius 1 is 1.48 bits per heavy atom. The first-order chi connectivity index (χ1) is 10.1. The van der Waals surface area contributed by atoms with E-state index >= 15 is 0 Å². The summed E-state index contributed by atoms with van der Waals surface area (Å²) in [6, 6.07) is 5.82. The molecular formula is C16H21N3O2. The number of aromatic nitrogens is 2. The van der Waals surface area contributed by atoms with Crippen LogP contribution in [0, 0.1) is 0 Å². The van der Waals surface area contributed by atoms with E-state index in [2.05, 4.69) is 28.4 Å². The molecular weight excluding hydrogens is 266 g/mol. The van der Waals surface area contributed by atoms with Gasteiger partial charge in [-0.05, 0) is 38.6 Å². The van der Waals surface area contributed by atoms with E-state index in [1.54, 1.807) is 6.07 Å². The third-order valence-electron chi connectivity index (χ3n) is 4.30. The first-order valence-electron chi connectivity index (χ1n) is 7.53. The molecule has 3 rings (SSSR count). The number of hydrogen-bond acceptors (Lipinski definition) is 3. The van der Waals surface area contributed by atoms with Crippen LogP contribution in [0.4, 0.5) is 0 Å². The van der Waals surface area contributed by atoms with Crippen molar-refractivity contribution in [1.82, 2.24) is 14.5 Å². The maximum absolute atomic E-state index is 11.4. The van der Waals surface area contributed by atoms with Crippen LogP contribution in [0.5, 0.6) is 0 Å². The monoisotopic (exact) mass is 287 g/mol. The fraction of sp³-hybridized carbons (Fsp3) is 0.500. The van der Waals surface area contributed by atoms with Crippen LogP contribution < -0.4 is 0 Å². The molecule has 1 aliphatic heterocycles. The highest BCUT2D eigenvalue weighted by Gasteiger charge is 2.24. The van der Waals surface area contributed by atoms with E-state index in [-0.39, 0.29) is 0 Å². The van der Waals surface area contributed by atoms with Gasteiger partial charge in [-0.3, -0.25) is 0 Å². The maximum atomic E-state index is 11.4. The number of aromatic carboxylic acids is 1. The lowest BCUT2D eigenvalue weighted by Crippen LogP contribution is -2.34. The van der Waals surface area contributed by atoms with Gasteiger partial charge in [0.05, 0.1) is 11.1 Å². The van der Waals surface area contributed by atoms with Crippen LogP contribution in [0.25, 0.3) is 11.0 Å². The van der Waals surface area contributed by atoms with E-state index < -0.39 is 5.97 Å². The highest BCUT2D eigenvalue weighted by atomic mass is 16.4. The molecule has 1 N–H and O–H groups in total. The lowest BCUT2D eigenvalue weighted by Gasteiger charge is -2.31. The van der Waals surface area contributed by atoms with E-state index in [4.69, 9.17) is 0 Å². The van der Waals surface area contributed by atoms with Gasteiger partial charge in [0.15, 0.2) is 0 Å². The Kier molecular flexibility index (Phi) is 3.68. The minimum absolute atomic E-state index is 0.296. The molecule has 21 heavy (non-hydrogen) atoms.